The smallest absolute Gasteiger partial charge is 0.313 e. The average Bonchev–Trinajstić information content (AvgIpc) is 2.92. The van der Waals surface area contributed by atoms with Gasteiger partial charge in [0.05, 0.1) is 10.6 Å². The zero-order valence-electron chi connectivity index (χ0n) is 10.1. The van der Waals surface area contributed by atoms with Crippen LogP contribution in [-0.4, -0.2) is 31.6 Å². The lowest BCUT2D eigenvalue weighted by atomic mass is 10.2. The lowest BCUT2D eigenvalue weighted by Crippen LogP contribution is -2.01. The van der Waals surface area contributed by atoms with Crippen molar-refractivity contribution in [2.45, 2.75) is 18.5 Å². The number of hydrogen-bond acceptors (Lipinski definition) is 5. The van der Waals surface area contributed by atoms with Crippen LogP contribution in [-0.2, 0) is 18.3 Å². The highest BCUT2D eigenvalue weighted by Crippen LogP contribution is 2.30. The van der Waals surface area contributed by atoms with E-state index < -0.39 is 5.97 Å². The van der Waals surface area contributed by atoms with Crippen molar-refractivity contribution in [3.05, 3.63) is 17.0 Å². The molecule has 0 saturated carbocycles. The van der Waals surface area contributed by atoms with E-state index in [0.29, 0.717) is 5.16 Å². The molecule has 0 aromatic carbocycles. The second-order valence-corrected chi connectivity index (χ2v) is 5.53. The fraction of sp³-hybridized carbons (Fsp3) is 0.364. The summed E-state index contributed by atoms with van der Waals surface area (Å²) in [5, 5.41) is 19.5. The van der Waals surface area contributed by atoms with Crippen molar-refractivity contribution in [3.8, 4) is 10.7 Å². The van der Waals surface area contributed by atoms with Crippen LogP contribution >= 0.6 is 23.1 Å². The van der Waals surface area contributed by atoms with E-state index in [4.69, 9.17) is 5.11 Å². The van der Waals surface area contributed by atoms with E-state index in [2.05, 4.69) is 23.2 Å². The van der Waals surface area contributed by atoms with E-state index in [1.807, 2.05) is 17.0 Å². The Bertz CT molecular complexity index is 562. The molecule has 0 fully saturated rings. The highest BCUT2D eigenvalue weighted by Gasteiger charge is 2.15. The zero-order valence-corrected chi connectivity index (χ0v) is 11.7. The number of rotatable bonds is 5. The quantitative estimate of drug-likeness (QED) is 0.853. The average molecular weight is 283 g/mol. The van der Waals surface area contributed by atoms with Crippen LogP contribution in [0.25, 0.3) is 10.7 Å². The maximum atomic E-state index is 10.5. The Balaban J connectivity index is 2.28. The van der Waals surface area contributed by atoms with Crippen LogP contribution in [0.2, 0.25) is 0 Å². The Morgan fingerprint density at radius 2 is 2.33 bits per heavy atom. The first-order chi connectivity index (χ1) is 8.63. The molecule has 2 aromatic heterocycles. The highest BCUT2D eigenvalue weighted by atomic mass is 32.2. The first kappa shape index (κ1) is 13.1. The molecule has 0 bridgehead atoms. The van der Waals surface area contributed by atoms with Crippen LogP contribution in [0.4, 0.5) is 0 Å². The largest absolute Gasteiger partial charge is 0.481 e. The summed E-state index contributed by atoms with van der Waals surface area (Å²) in [6.07, 6.45) is 0.948. The molecular weight excluding hydrogens is 270 g/mol. The molecule has 2 heterocycles. The Morgan fingerprint density at radius 3 is 3.00 bits per heavy atom. The predicted molar refractivity (Wildman–Crippen MR) is 72.1 cm³/mol. The maximum Gasteiger partial charge on any atom is 0.313 e. The summed E-state index contributed by atoms with van der Waals surface area (Å²) in [7, 11) is 1.86. The summed E-state index contributed by atoms with van der Waals surface area (Å²) in [5.74, 6) is -0.0542. The maximum absolute atomic E-state index is 10.5. The molecule has 0 unspecified atom stereocenters. The van der Waals surface area contributed by atoms with E-state index in [9.17, 15) is 4.79 Å². The molecule has 0 aliphatic rings. The summed E-state index contributed by atoms with van der Waals surface area (Å²) in [6, 6.07) is 2.08. The SMILES string of the molecule is CCc1ccsc1-c1nnc(SCC(=O)O)n1C. The topological polar surface area (TPSA) is 68.0 Å². The van der Waals surface area contributed by atoms with Gasteiger partial charge in [0.25, 0.3) is 0 Å². The lowest BCUT2D eigenvalue weighted by Gasteiger charge is -2.02. The van der Waals surface area contributed by atoms with E-state index in [1.54, 1.807) is 11.3 Å². The number of aliphatic carboxylic acids is 1. The number of carboxylic acid groups (broad SMARTS) is 1. The van der Waals surface area contributed by atoms with Gasteiger partial charge in [0.2, 0.25) is 0 Å². The van der Waals surface area contributed by atoms with Crippen LogP contribution < -0.4 is 0 Å². The van der Waals surface area contributed by atoms with Gasteiger partial charge in [0.15, 0.2) is 11.0 Å². The van der Waals surface area contributed by atoms with E-state index in [1.165, 1.54) is 17.3 Å². The number of carbonyl (C=O) groups is 1. The molecule has 0 aliphatic carbocycles. The third-order valence-corrected chi connectivity index (χ3v) is 4.45. The molecule has 5 nitrogen and oxygen atoms in total. The van der Waals surface area contributed by atoms with Gasteiger partial charge in [-0.3, -0.25) is 4.79 Å². The van der Waals surface area contributed by atoms with E-state index >= 15 is 0 Å². The van der Waals surface area contributed by atoms with Crippen molar-refractivity contribution in [1.82, 2.24) is 14.8 Å². The second kappa shape index (κ2) is 5.53. The molecule has 7 heteroatoms. The van der Waals surface area contributed by atoms with Crippen molar-refractivity contribution in [2.24, 2.45) is 7.05 Å². The lowest BCUT2D eigenvalue weighted by molar-refractivity contribution is -0.133. The fourth-order valence-corrected chi connectivity index (χ4v) is 3.22. The standard InChI is InChI=1S/C11H13N3O2S2/c1-3-7-4-5-17-9(7)10-12-13-11(14(10)2)18-6-8(15)16/h4-5H,3,6H2,1-2H3,(H,15,16). The Labute approximate surface area is 113 Å². The second-order valence-electron chi connectivity index (χ2n) is 3.68. The number of aromatic nitrogens is 3. The van der Waals surface area contributed by atoms with Crippen molar-refractivity contribution in [3.63, 3.8) is 0 Å². The number of hydrogen-bond donors (Lipinski definition) is 1. The van der Waals surface area contributed by atoms with Gasteiger partial charge in [0.1, 0.15) is 0 Å². The molecule has 0 saturated heterocycles. The van der Waals surface area contributed by atoms with Crippen LogP contribution in [0.1, 0.15) is 12.5 Å². The van der Waals surface area contributed by atoms with Crippen molar-refractivity contribution in [2.75, 3.05) is 5.75 Å². The number of thioether (sulfide) groups is 1. The predicted octanol–water partition coefficient (Wildman–Crippen LogP) is 2.28. The Morgan fingerprint density at radius 1 is 1.56 bits per heavy atom. The molecule has 2 rings (SSSR count). The molecule has 18 heavy (non-hydrogen) atoms. The first-order valence-electron chi connectivity index (χ1n) is 5.44. The molecule has 0 spiro atoms. The van der Waals surface area contributed by atoms with Gasteiger partial charge >= 0.3 is 5.97 Å². The van der Waals surface area contributed by atoms with Gasteiger partial charge < -0.3 is 9.67 Å². The first-order valence-corrected chi connectivity index (χ1v) is 7.30. The van der Waals surface area contributed by atoms with Crippen molar-refractivity contribution in [1.29, 1.82) is 0 Å². The van der Waals surface area contributed by atoms with Crippen LogP contribution in [0.3, 0.4) is 0 Å². The van der Waals surface area contributed by atoms with Crippen molar-refractivity contribution < 1.29 is 9.90 Å². The molecule has 96 valence electrons. The summed E-state index contributed by atoms with van der Waals surface area (Å²) < 4.78 is 1.85. The Kier molecular flexibility index (Phi) is 4.03. The monoisotopic (exact) mass is 283 g/mol. The summed E-state index contributed by atoms with van der Waals surface area (Å²) >= 11 is 2.81. The van der Waals surface area contributed by atoms with Gasteiger partial charge in [0, 0.05) is 7.05 Å². The van der Waals surface area contributed by atoms with Gasteiger partial charge in [-0.1, -0.05) is 18.7 Å². The van der Waals surface area contributed by atoms with Gasteiger partial charge in [-0.15, -0.1) is 21.5 Å². The van der Waals surface area contributed by atoms with E-state index in [0.717, 1.165) is 17.1 Å². The third kappa shape index (κ3) is 2.56. The molecule has 0 radical (unpaired) electrons. The van der Waals surface area contributed by atoms with Crippen LogP contribution in [0, 0.1) is 0 Å². The van der Waals surface area contributed by atoms with Crippen LogP contribution in [0.15, 0.2) is 16.6 Å². The third-order valence-electron chi connectivity index (χ3n) is 2.49. The summed E-state index contributed by atoms with van der Waals surface area (Å²) in [4.78, 5) is 11.6. The number of aryl methyl sites for hydroxylation is 1. The molecule has 0 aliphatic heterocycles. The molecule has 0 atom stereocenters. The van der Waals surface area contributed by atoms with Gasteiger partial charge in [-0.25, -0.2) is 0 Å². The van der Waals surface area contributed by atoms with E-state index in [-0.39, 0.29) is 5.75 Å². The molecule has 2 aromatic rings. The molecular formula is C11H13N3O2S2. The minimum absolute atomic E-state index is 0.00293. The Hall–Kier alpha value is -1.34. The fourth-order valence-electron chi connectivity index (χ4n) is 1.57. The number of thiophene rings is 1. The summed E-state index contributed by atoms with van der Waals surface area (Å²) in [6.45, 7) is 2.10. The van der Waals surface area contributed by atoms with Gasteiger partial charge in [-0.2, -0.15) is 0 Å². The summed E-state index contributed by atoms with van der Waals surface area (Å²) in [5.41, 5.74) is 1.24. The molecule has 1 N–H and O–H groups in total. The van der Waals surface area contributed by atoms with Crippen molar-refractivity contribution >= 4 is 29.1 Å². The number of carboxylic acids is 1. The zero-order chi connectivity index (χ0) is 13.1. The van der Waals surface area contributed by atoms with Crippen LogP contribution in [0.5, 0.6) is 0 Å². The van der Waals surface area contributed by atoms with Gasteiger partial charge in [-0.05, 0) is 23.4 Å². The molecule has 0 amide bonds. The minimum Gasteiger partial charge on any atom is -0.481 e. The minimum atomic E-state index is -0.852. The number of nitrogens with zero attached hydrogens (tertiary/aromatic N) is 3. The normalized spacial score (nSPS) is 10.8. The highest BCUT2D eigenvalue weighted by molar-refractivity contribution is 7.99.